The van der Waals surface area contributed by atoms with Crippen LogP contribution in [0.15, 0.2) is 29.7 Å². The first-order valence-electron chi connectivity index (χ1n) is 9.35. The summed E-state index contributed by atoms with van der Waals surface area (Å²) in [7, 11) is 0. The first-order valence-corrected chi connectivity index (χ1v) is 10.6. The predicted octanol–water partition coefficient (Wildman–Crippen LogP) is 2.46. The van der Waals surface area contributed by atoms with Gasteiger partial charge in [0.15, 0.2) is 11.5 Å². The van der Waals surface area contributed by atoms with Crippen molar-refractivity contribution in [2.45, 2.75) is 30.1 Å². The fraction of sp³-hybridized carbons (Fsp3) is 0.474. The number of carbonyl (C=O) groups excluding carboxylic acids is 1. The van der Waals surface area contributed by atoms with Gasteiger partial charge >= 0.3 is 0 Å². The van der Waals surface area contributed by atoms with Gasteiger partial charge in [-0.3, -0.25) is 9.78 Å². The summed E-state index contributed by atoms with van der Waals surface area (Å²) < 4.78 is 34.8. The summed E-state index contributed by atoms with van der Waals surface area (Å²) in [4.78, 5) is 28.6. The molecule has 4 heterocycles. The SMILES string of the molecule is CSc1nc(N2CCC(F)(C(=O)N3CCOc4ccncc4C3)CC2)ncc1F. The number of hydrogen-bond acceptors (Lipinski definition) is 7. The summed E-state index contributed by atoms with van der Waals surface area (Å²) in [6.45, 7) is 1.47. The number of thioether (sulfide) groups is 1. The van der Waals surface area contributed by atoms with E-state index in [1.807, 2.05) is 0 Å². The fourth-order valence-electron chi connectivity index (χ4n) is 3.59. The molecule has 0 N–H and O–H groups in total. The van der Waals surface area contributed by atoms with Crippen molar-refractivity contribution in [2.24, 2.45) is 0 Å². The molecule has 1 amide bonds. The van der Waals surface area contributed by atoms with Crippen molar-refractivity contribution in [1.29, 1.82) is 0 Å². The van der Waals surface area contributed by atoms with Gasteiger partial charge in [-0.15, -0.1) is 11.8 Å². The third-order valence-electron chi connectivity index (χ3n) is 5.24. The fourth-order valence-corrected chi connectivity index (χ4v) is 4.02. The lowest BCUT2D eigenvalue weighted by molar-refractivity contribution is -0.146. The van der Waals surface area contributed by atoms with Crippen LogP contribution in [0.1, 0.15) is 18.4 Å². The van der Waals surface area contributed by atoms with Crippen molar-refractivity contribution in [3.8, 4) is 5.75 Å². The Balaban J connectivity index is 1.44. The van der Waals surface area contributed by atoms with Crippen molar-refractivity contribution < 1.29 is 18.3 Å². The number of alkyl halides is 1. The van der Waals surface area contributed by atoms with Crippen molar-refractivity contribution in [1.82, 2.24) is 19.9 Å². The lowest BCUT2D eigenvalue weighted by Crippen LogP contribution is -2.53. The second-order valence-corrected chi connectivity index (χ2v) is 7.83. The average Bonchev–Trinajstić information content (AvgIpc) is 2.96. The summed E-state index contributed by atoms with van der Waals surface area (Å²) in [5.41, 5.74) is -1.19. The monoisotopic (exact) mass is 421 g/mol. The molecule has 4 rings (SSSR count). The van der Waals surface area contributed by atoms with E-state index in [-0.39, 0.29) is 37.5 Å². The Labute approximate surface area is 171 Å². The zero-order chi connectivity index (χ0) is 20.4. The van der Waals surface area contributed by atoms with Gasteiger partial charge in [0.25, 0.3) is 5.91 Å². The number of piperidine rings is 1. The molecule has 154 valence electrons. The maximum atomic E-state index is 15.6. The molecule has 2 aliphatic heterocycles. The van der Waals surface area contributed by atoms with Crippen LogP contribution in [0.5, 0.6) is 5.75 Å². The molecule has 0 bridgehead atoms. The minimum Gasteiger partial charge on any atom is -0.491 e. The molecule has 0 spiro atoms. The molecule has 0 aliphatic carbocycles. The van der Waals surface area contributed by atoms with E-state index in [0.29, 0.717) is 24.8 Å². The van der Waals surface area contributed by atoms with Gasteiger partial charge in [-0.25, -0.2) is 18.7 Å². The number of aromatic nitrogens is 3. The smallest absolute Gasteiger partial charge is 0.260 e. The van der Waals surface area contributed by atoms with Crippen LogP contribution >= 0.6 is 11.8 Å². The van der Waals surface area contributed by atoms with E-state index in [0.717, 1.165) is 11.8 Å². The quantitative estimate of drug-likeness (QED) is 0.557. The molecule has 1 fully saturated rings. The number of rotatable bonds is 3. The third kappa shape index (κ3) is 3.98. The Hall–Kier alpha value is -2.49. The lowest BCUT2D eigenvalue weighted by Gasteiger charge is -2.37. The Bertz CT molecular complexity index is 908. The summed E-state index contributed by atoms with van der Waals surface area (Å²) in [6.07, 6.45) is 6.18. The highest BCUT2D eigenvalue weighted by Gasteiger charge is 2.45. The molecule has 0 unspecified atom stereocenters. The van der Waals surface area contributed by atoms with E-state index in [4.69, 9.17) is 4.74 Å². The van der Waals surface area contributed by atoms with E-state index < -0.39 is 17.4 Å². The van der Waals surface area contributed by atoms with Crippen LogP contribution in [0, 0.1) is 5.82 Å². The number of anilines is 1. The highest BCUT2D eigenvalue weighted by Crippen LogP contribution is 2.32. The molecular formula is C19H21F2N5O2S. The highest BCUT2D eigenvalue weighted by atomic mass is 32.2. The molecule has 0 aromatic carbocycles. The van der Waals surface area contributed by atoms with E-state index in [1.54, 1.807) is 29.6 Å². The Morgan fingerprint density at radius 1 is 1.28 bits per heavy atom. The average molecular weight is 421 g/mol. The topological polar surface area (TPSA) is 71.5 Å². The van der Waals surface area contributed by atoms with E-state index in [2.05, 4.69) is 15.0 Å². The van der Waals surface area contributed by atoms with Gasteiger partial charge in [0.05, 0.1) is 19.3 Å². The second kappa shape index (κ2) is 8.10. The zero-order valence-corrected chi connectivity index (χ0v) is 16.8. The van der Waals surface area contributed by atoms with Gasteiger partial charge in [0, 0.05) is 43.9 Å². The summed E-state index contributed by atoms with van der Waals surface area (Å²) in [5.74, 6) is 0.0261. The normalized spacial score (nSPS) is 18.6. The van der Waals surface area contributed by atoms with Crippen LogP contribution in [0.3, 0.4) is 0 Å². The van der Waals surface area contributed by atoms with Gasteiger partial charge in [-0.2, -0.15) is 0 Å². The van der Waals surface area contributed by atoms with Crippen LogP contribution in [0.4, 0.5) is 14.7 Å². The molecule has 2 aliphatic rings. The Morgan fingerprint density at radius 2 is 2.07 bits per heavy atom. The van der Waals surface area contributed by atoms with Crippen LogP contribution in [0.2, 0.25) is 0 Å². The van der Waals surface area contributed by atoms with E-state index in [9.17, 15) is 9.18 Å². The molecule has 2 aromatic heterocycles. The maximum absolute atomic E-state index is 15.6. The minimum absolute atomic E-state index is 0.0262. The van der Waals surface area contributed by atoms with Crippen LogP contribution in [0.25, 0.3) is 0 Å². The summed E-state index contributed by atoms with van der Waals surface area (Å²) in [5, 5.41) is 0.250. The first-order chi connectivity index (χ1) is 14.0. The number of pyridine rings is 1. The largest absolute Gasteiger partial charge is 0.491 e. The van der Waals surface area contributed by atoms with Gasteiger partial charge in [0.2, 0.25) is 5.95 Å². The molecule has 7 nitrogen and oxygen atoms in total. The number of ether oxygens (including phenoxy) is 1. The number of halogens is 2. The van der Waals surface area contributed by atoms with Gasteiger partial charge < -0.3 is 14.5 Å². The van der Waals surface area contributed by atoms with Crippen molar-refractivity contribution in [2.75, 3.05) is 37.4 Å². The standard InChI is InChI=1S/C19H21F2N5O2S/c1-29-16-14(20)11-23-18(24-16)25-6-3-19(21,4-7-25)17(27)26-8-9-28-15-2-5-22-10-13(15)12-26/h2,5,10-11H,3-4,6-9,12H2,1H3. The first kappa shape index (κ1) is 19.8. The lowest BCUT2D eigenvalue weighted by atomic mass is 9.91. The van der Waals surface area contributed by atoms with Crippen molar-refractivity contribution >= 4 is 23.6 Å². The number of carbonyl (C=O) groups is 1. The Morgan fingerprint density at radius 3 is 2.83 bits per heavy atom. The number of fused-ring (bicyclic) bond motifs is 1. The molecule has 0 atom stereocenters. The second-order valence-electron chi connectivity index (χ2n) is 7.04. The van der Waals surface area contributed by atoms with E-state index in [1.165, 1.54) is 16.7 Å². The molecule has 0 saturated carbocycles. The summed E-state index contributed by atoms with van der Waals surface area (Å²) in [6, 6.07) is 1.75. The molecule has 2 aromatic rings. The minimum atomic E-state index is -1.95. The van der Waals surface area contributed by atoms with Gasteiger partial charge in [0.1, 0.15) is 17.4 Å². The molecule has 0 radical (unpaired) electrons. The zero-order valence-electron chi connectivity index (χ0n) is 16.0. The highest BCUT2D eigenvalue weighted by molar-refractivity contribution is 7.98. The van der Waals surface area contributed by atoms with Crippen molar-refractivity contribution in [3.05, 3.63) is 36.0 Å². The number of amides is 1. The predicted molar refractivity (Wildman–Crippen MR) is 104 cm³/mol. The molecule has 10 heteroatoms. The number of nitrogens with zero attached hydrogens (tertiary/aromatic N) is 5. The van der Waals surface area contributed by atoms with E-state index >= 15 is 4.39 Å². The summed E-state index contributed by atoms with van der Waals surface area (Å²) >= 11 is 1.19. The van der Waals surface area contributed by atoms with Gasteiger partial charge in [-0.1, -0.05) is 0 Å². The number of hydrogen-bond donors (Lipinski definition) is 0. The van der Waals surface area contributed by atoms with Crippen molar-refractivity contribution in [3.63, 3.8) is 0 Å². The van der Waals surface area contributed by atoms with Crippen LogP contribution < -0.4 is 9.64 Å². The van der Waals surface area contributed by atoms with Crippen LogP contribution in [-0.2, 0) is 11.3 Å². The molecule has 1 saturated heterocycles. The molecular weight excluding hydrogens is 400 g/mol. The third-order valence-corrected chi connectivity index (χ3v) is 5.91. The Kier molecular flexibility index (Phi) is 5.53. The van der Waals surface area contributed by atoms with Gasteiger partial charge in [-0.05, 0) is 12.3 Å². The molecule has 29 heavy (non-hydrogen) atoms. The maximum Gasteiger partial charge on any atom is 0.260 e. The van der Waals surface area contributed by atoms with Crippen LogP contribution in [-0.4, -0.2) is 63.9 Å².